The van der Waals surface area contributed by atoms with E-state index in [1.807, 2.05) is 0 Å². The number of carbonyl (C=O) groups excluding carboxylic acids is 1. The van der Waals surface area contributed by atoms with Crippen LogP contribution in [0, 0.1) is 11.2 Å². The van der Waals surface area contributed by atoms with Crippen molar-refractivity contribution in [1.29, 1.82) is 0 Å². The third-order valence-electron chi connectivity index (χ3n) is 4.45. The Morgan fingerprint density at radius 1 is 1.25 bits per heavy atom. The fraction of sp³-hybridized carbons (Fsp3) is 0.286. The Labute approximate surface area is 167 Å². The van der Waals surface area contributed by atoms with Crippen LogP contribution in [0.4, 0.5) is 4.39 Å². The second-order valence-corrected chi connectivity index (χ2v) is 8.33. The van der Waals surface area contributed by atoms with E-state index in [9.17, 15) is 14.0 Å². The molecule has 0 fully saturated rings. The summed E-state index contributed by atoms with van der Waals surface area (Å²) in [4.78, 5) is 29.4. The van der Waals surface area contributed by atoms with Crippen molar-refractivity contribution in [3.05, 3.63) is 69.0 Å². The molecule has 0 saturated heterocycles. The van der Waals surface area contributed by atoms with Crippen LogP contribution in [-0.4, -0.2) is 15.5 Å². The van der Waals surface area contributed by atoms with Crippen LogP contribution in [0.3, 0.4) is 0 Å². The van der Waals surface area contributed by atoms with Crippen molar-refractivity contribution in [3.63, 3.8) is 0 Å². The highest BCUT2D eigenvalue weighted by molar-refractivity contribution is 6.35. The van der Waals surface area contributed by atoms with Crippen molar-refractivity contribution in [1.82, 2.24) is 9.55 Å². The van der Waals surface area contributed by atoms with Crippen LogP contribution >= 0.6 is 11.6 Å². The molecule has 3 aromatic rings. The number of nitrogens with zero attached hydrogens (tertiary/aromatic N) is 2. The summed E-state index contributed by atoms with van der Waals surface area (Å²) in [5.41, 5.74) is 5.91. The number of carbonyl (C=O) groups is 1. The van der Waals surface area contributed by atoms with Gasteiger partial charge in [0.15, 0.2) is 0 Å². The normalized spacial score (nSPS) is 11.8. The maximum Gasteiger partial charge on any atom is 0.266 e. The number of benzene rings is 2. The molecule has 28 heavy (non-hydrogen) atoms. The summed E-state index contributed by atoms with van der Waals surface area (Å²) in [5.74, 6) is -0.729. The number of nitrogens with two attached hydrogens (primary N) is 1. The van der Waals surface area contributed by atoms with Crippen LogP contribution < -0.4 is 11.3 Å². The number of amides is 1. The average Bonchev–Trinajstić information content (AvgIpc) is 2.60. The summed E-state index contributed by atoms with van der Waals surface area (Å²) >= 11 is 6.15. The van der Waals surface area contributed by atoms with E-state index >= 15 is 0 Å². The third kappa shape index (κ3) is 4.07. The molecule has 1 heterocycles. The van der Waals surface area contributed by atoms with Crippen LogP contribution in [0.1, 0.15) is 43.4 Å². The Morgan fingerprint density at radius 2 is 1.96 bits per heavy atom. The number of halogens is 2. The largest absolute Gasteiger partial charge is 0.366 e. The van der Waals surface area contributed by atoms with Crippen molar-refractivity contribution < 1.29 is 9.18 Å². The molecular weight excluding hydrogens is 381 g/mol. The van der Waals surface area contributed by atoms with Crippen molar-refractivity contribution in [2.24, 2.45) is 11.1 Å². The standard InChI is InChI=1S/C21H21ClFN3O2/c1-21(2,3)8-7-17-25-18-15(10-13(23)11-16(18)22)20(28)26(17)14-6-4-5-12(9-14)19(24)27/h4-6,9-11H,7-8H2,1-3H3,(H2,24,27). The van der Waals surface area contributed by atoms with Crippen LogP contribution in [0.2, 0.25) is 5.02 Å². The lowest BCUT2D eigenvalue weighted by Gasteiger charge is -2.20. The van der Waals surface area contributed by atoms with E-state index in [1.165, 1.54) is 10.6 Å². The smallest absolute Gasteiger partial charge is 0.266 e. The highest BCUT2D eigenvalue weighted by Crippen LogP contribution is 2.25. The predicted molar refractivity (Wildman–Crippen MR) is 109 cm³/mol. The van der Waals surface area contributed by atoms with Gasteiger partial charge in [-0.1, -0.05) is 38.4 Å². The van der Waals surface area contributed by atoms with E-state index in [-0.39, 0.29) is 26.9 Å². The van der Waals surface area contributed by atoms with Crippen molar-refractivity contribution in [2.45, 2.75) is 33.6 Å². The lowest BCUT2D eigenvalue weighted by Crippen LogP contribution is -2.25. The zero-order valence-corrected chi connectivity index (χ0v) is 16.7. The summed E-state index contributed by atoms with van der Waals surface area (Å²) in [6.45, 7) is 6.27. The predicted octanol–water partition coefficient (Wildman–Crippen LogP) is 4.26. The van der Waals surface area contributed by atoms with Crippen LogP contribution in [0.25, 0.3) is 16.6 Å². The molecule has 0 spiro atoms. The van der Waals surface area contributed by atoms with Gasteiger partial charge in [0.25, 0.3) is 5.56 Å². The second-order valence-electron chi connectivity index (χ2n) is 7.93. The minimum atomic E-state index is -0.615. The quantitative estimate of drug-likeness (QED) is 0.709. The molecule has 0 saturated carbocycles. The highest BCUT2D eigenvalue weighted by Gasteiger charge is 2.19. The lowest BCUT2D eigenvalue weighted by molar-refractivity contribution is 0.1000. The van der Waals surface area contributed by atoms with E-state index in [4.69, 9.17) is 17.3 Å². The van der Waals surface area contributed by atoms with Gasteiger partial charge in [-0.15, -0.1) is 0 Å². The van der Waals surface area contributed by atoms with Crippen LogP contribution in [-0.2, 0) is 6.42 Å². The molecule has 0 aliphatic carbocycles. The Bertz CT molecular complexity index is 1130. The van der Waals surface area contributed by atoms with Crippen LogP contribution in [0.5, 0.6) is 0 Å². The molecular formula is C21H21ClFN3O2. The van der Waals surface area contributed by atoms with E-state index in [2.05, 4.69) is 25.8 Å². The number of primary amides is 1. The molecule has 1 aromatic heterocycles. The van der Waals surface area contributed by atoms with Crippen molar-refractivity contribution in [3.8, 4) is 5.69 Å². The minimum absolute atomic E-state index is 0.0131. The maximum atomic E-state index is 13.9. The molecule has 2 N–H and O–H groups in total. The van der Waals surface area contributed by atoms with E-state index in [1.54, 1.807) is 18.2 Å². The Kier molecular flexibility index (Phi) is 5.26. The molecule has 7 heteroatoms. The molecule has 0 radical (unpaired) electrons. The topological polar surface area (TPSA) is 78.0 Å². The third-order valence-corrected chi connectivity index (χ3v) is 4.74. The van der Waals surface area contributed by atoms with Gasteiger partial charge in [0.05, 0.1) is 21.6 Å². The van der Waals surface area contributed by atoms with Crippen molar-refractivity contribution in [2.75, 3.05) is 0 Å². The maximum absolute atomic E-state index is 13.9. The number of aromatic nitrogens is 2. The molecule has 3 rings (SSSR count). The average molecular weight is 402 g/mol. The first-order valence-corrected chi connectivity index (χ1v) is 9.25. The number of hydrogen-bond acceptors (Lipinski definition) is 3. The summed E-state index contributed by atoms with van der Waals surface area (Å²) in [6.07, 6.45) is 1.27. The van der Waals surface area contributed by atoms with E-state index in [0.29, 0.717) is 17.9 Å². The summed E-state index contributed by atoms with van der Waals surface area (Å²) in [5, 5.41) is 0.163. The second kappa shape index (κ2) is 7.36. The molecule has 0 aliphatic rings. The Hall–Kier alpha value is -2.73. The molecule has 146 valence electrons. The molecule has 0 atom stereocenters. The summed E-state index contributed by atoms with van der Waals surface area (Å²) in [6, 6.07) is 8.68. The van der Waals surface area contributed by atoms with E-state index < -0.39 is 17.3 Å². The first-order chi connectivity index (χ1) is 13.1. The van der Waals surface area contributed by atoms with Crippen molar-refractivity contribution >= 4 is 28.4 Å². The number of rotatable bonds is 4. The first kappa shape index (κ1) is 20.0. The van der Waals surface area contributed by atoms with Gasteiger partial charge in [-0.25, -0.2) is 9.37 Å². The zero-order valence-electron chi connectivity index (χ0n) is 15.9. The fourth-order valence-electron chi connectivity index (χ4n) is 2.98. The van der Waals surface area contributed by atoms with Gasteiger partial charge in [-0.3, -0.25) is 14.2 Å². The van der Waals surface area contributed by atoms with Gasteiger partial charge in [0.1, 0.15) is 11.6 Å². The van der Waals surface area contributed by atoms with Gasteiger partial charge in [-0.2, -0.15) is 0 Å². The molecule has 0 bridgehead atoms. The number of hydrogen-bond donors (Lipinski definition) is 1. The Morgan fingerprint density at radius 3 is 2.61 bits per heavy atom. The monoisotopic (exact) mass is 401 g/mol. The van der Waals surface area contributed by atoms with Crippen LogP contribution in [0.15, 0.2) is 41.2 Å². The number of fused-ring (bicyclic) bond motifs is 1. The fourth-order valence-corrected chi connectivity index (χ4v) is 3.23. The van der Waals surface area contributed by atoms with Gasteiger partial charge < -0.3 is 5.73 Å². The molecule has 0 unspecified atom stereocenters. The van der Waals surface area contributed by atoms with Gasteiger partial charge >= 0.3 is 0 Å². The zero-order chi connectivity index (χ0) is 20.6. The summed E-state index contributed by atoms with van der Waals surface area (Å²) in [7, 11) is 0. The number of aryl methyl sites for hydroxylation is 1. The molecule has 1 amide bonds. The lowest BCUT2D eigenvalue weighted by atomic mass is 9.90. The highest BCUT2D eigenvalue weighted by atomic mass is 35.5. The van der Waals surface area contributed by atoms with E-state index in [0.717, 1.165) is 18.6 Å². The Balaban J connectivity index is 2.32. The minimum Gasteiger partial charge on any atom is -0.366 e. The first-order valence-electron chi connectivity index (χ1n) is 8.88. The molecule has 5 nitrogen and oxygen atoms in total. The van der Waals surface area contributed by atoms with Gasteiger partial charge in [0, 0.05) is 12.0 Å². The van der Waals surface area contributed by atoms with Gasteiger partial charge in [0.2, 0.25) is 5.91 Å². The SMILES string of the molecule is CC(C)(C)CCc1nc2c(Cl)cc(F)cc2c(=O)n1-c1cccc(C(N)=O)c1. The van der Waals surface area contributed by atoms with Gasteiger partial charge in [-0.05, 0) is 42.2 Å². The summed E-state index contributed by atoms with van der Waals surface area (Å²) < 4.78 is 15.3. The molecule has 2 aromatic carbocycles. The molecule has 0 aliphatic heterocycles.